The standard InChI is InChI=1S/C18H24N4O2.HI/c1-4-14-7-5-8-15(11-14)22-16(23)12-20-17(19-3)21-13-18(2)9-6-10-24-18;/h1,5,7-8,11H,6,9-10,12-13H2,2-3H3,(H,22,23)(H2,19,20,21);1H. The molecule has 1 unspecified atom stereocenters. The number of carbonyl (C=O) groups excluding carboxylic acids is 1. The van der Waals surface area contributed by atoms with Crippen molar-refractivity contribution in [3.05, 3.63) is 29.8 Å². The molecule has 136 valence electrons. The molecule has 6 nitrogen and oxygen atoms in total. The highest BCUT2D eigenvalue weighted by molar-refractivity contribution is 14.0. The summed E-state index contributed by atoms with van der Waals surface area (Å²) in [7, 11) is 1.67. The third kappa shape index (κ3) is 6.92. The molecule has 1 saturated heterocycles. The lowest BCUT2D eigenvalue weighted by Gasteiger charge is -2.24. The normalized spacial score (nSPS) is 19.5. The van der Waals surface area contributed by atoms with Crippen LogP contribution < -0.4 is 16.0 Å². The van der Waals surface area contributed by atoms with Crippen LogP contribution in [0.2, 0.25) is 0 Å². The summed E-state index contributed by atoms with van der Waals surface area (Å²) in [6, 6.07) is 7.17. The Kier molecular flexibility index (Phi) is 8.72. The molecule has 0 bridgehead atoms. The zero-order valence-corrected chi connectivity index (χ0v) is 16.9. The van der Waals surface area contributed by atoms with E-state index in [0.29, 0.717) is 18.2 Å². The molecule has 1 aliphatic heterocycles. The SMILES string of the molecule is C#Cc1cccc(NC(=O)CNC(=NC)NCC2(C)CCCO2)c1.I. The number of carbonyl (C=O) groups is 1. The highest BCUT2D eigenvalue weighted by atomic mass is 127. The van der Waals surface area contributed by atoms with Crippen molar-refractivity contribution < 1.29 is 9.53 Å². The summed E-state index contributed by atoms with van der Waals surface area (Å²) in [5.41, 5.74) is 1.23. The van der Waals surface area contributed by atoms with Gasteiger partial charge in [-0.05, 0) is 38.0 Å². The van der Waals surface area contributed by atoms with Crippen molar-refractivity contribution >= 4 is 41.5 Å². The molecule has 1 heterocycles. The fraction of sp³-hybridized carbons (Fsp3) is 0.444. The number of anilines is 1. The third-order valence-electron chi connectivity index (χ3n) is 3.88. The van der Waals surface area contributed by atoms with Crippen molar-refractivity contribution in [2.75, 3.05) is 32.1 Å². The molecule has 7 heteroatoms. The Labute approximate surface area is 166 Å². The topological polar surface area (TPSA) is 74.8 Å². The van der Waals surface area contributed by atoms with Gasteiger partial charge in [-0.25, -0.2) is 0 Å². The number of aliphatic imine (C=N–C) groups is 1. The van der Waals surface area contributed by atoms with E-state index in [-0.39, 0.29) is 42.0 Å². The maximum Gasteiger partial charge on any atom is 0.243 e. The minimum Gasteiger partial charge on any atom is -0.373 e. The van der Waals surface area contributed by atoms with Gasteiger partial charge < -0.3 is 20.7 Å². The van der Waals surface area contributed by atoms with Crippen LogP contribution in [0.3, 0.4) is 0 Å². The van der Waals surface area contributed by atoms with Crippen molar-refractivity contribution in [2.45, 2.75) is 25.4 Å². The number of guanidine groups is 1. The summed E-state index contributed by atoms with van der Waals surface area (Å²) in [5.74, 6) is 2.94. The first kappa shape index (κ1) is 21.3. The van der Waals surface area contributed by atoms with Crippen molar-refractivity contribution in [1.29, 1.82) is 0 Å². The Morgan fingerprint density at radius 3 is 2.88 bits per heavy atom. The number of hydrogen-bond acceptors (Lipinski definition) is 3. The quantitative estimate of drug-likeness (QED) is 0.274. The van der Waals surface area contributed by atoms with E-state index in [4.69, 9.17) is 11.2 Å². The average Bonchev–Trinajstić information content (AvgIpc) is 3.02. The molecule has 0 aromatic heterocycles. The molecule has 1 fully saturated rings. The lowest BCUT2D eigenvalue weighted by Crippen LogP contribution is -2.47. The number of terminal acetylenes is 1. The lowest BCUT2D eigenvalue weighted by atomic mass is 10.0. The first-order chi connectivity index (χ1) is 11.5. The average molecular weight is 456 g/mol. The van der Waals surface area contributed by atoms with Gasteiger partial charge in [0, 0.05) is 31.5 Å². The smallest absolute Gasteiger partial charge is 0.243 e. The number of ether oxygens (including phenoxy) is 1. The molecule has 25 heavy (non-hydrogen) atoms. The number of rotatable bonds is 5. The number of nitrogens with zero attached hydrogens (tertiary/aromatic N) is 1. The van der Waals surface area contributed by atoms with Crippen molar-refractivity contribution in [3.63, 3.8) is 0 Å². The van der Waals surface area contributed by atoms with Crippen LogP contribution >= 0.6 is 24.0 Å². The number of benzene rings is 1. The molecule has 0 saturated carbocycles. The summed E-state index contributed by atoms with van der Waals surface area (Å²) in [4.78, 5) is 16.1. The summed E-state index contributed by atoms with van der Waals surface area (Å²) in [5, 5.41) is 8.98. The van der Waals surface area contributed by atoms with E-state index in [1.54, 1.807) is 25.2 Å². The van der Waals surface area contributed by atoms with E-state index in [1.807, 2.05) is 6.07 Å². The van der Waals surface area contributed by atoms with E-state index >= 15 is 0 Å². The lowest BCUT2D eigenvalue weighted by molar-refractivity contribution is -0.115. The first-order valence-corrected chi connectivity index (χ1v) is 8.00. The minimum absolute atomic E-state index is 0. The Hall–Kier alpha value is -1.79. The minimum atomic E-state index is -0.171. The Morgan fingerprint density at radius 2 is 2.24 bits per heavy atom. The Morgan fingerprint density at radius 1 is 1.44 bits per heavy atom. The van der Waals surface area contributed by atoms with Crippen LogP contribution in [-0.2, 0) is 9.53 Å². The molecule has 0 spiro atoms. The fourth-order valence-corrected chi connectivity index (χ4v) is 2.52. The van der Waals surface area contributed by atoms with E-state index in [9.17, 15) is 4.79 Å². The second kappa shape index (κ2) is 10.3. The number of hydrogen-bond donors (Lipinski definition) is 3. The van der Waals surface area contributed by atoms with Gasteiger partial charge in [0.15, 0.2) is 5.96 Å². The van der Waals surface area contributed by atoms with Crippen LogP contribution in [0.15, 0.2) is 29.3 Å². The monoisotopic (exact) mass is 456 g/mol. The summed E-state index contributed by atoms with van der Waals surface area (Å²) >= 11 is 0. The van der Waals surface area contributed by atoms with Gasteiger partial charge in [-0.15, -0.1) is 30.4 Å². The van der Waals surface area contributed by atoms with Crippen LogP contribution in [0, 0.1) is 12.3 Å². The van der Waals surface area contributed by atoms with Gasteiger partial charge in [-0.2, -0.15) is 0 Å². The number of halogens is 1. The van der Waals surface area contributed by atoms with Gasteiger partial charge in [-0.3, -0.25) is 9.79 Å². The number of amides is 1. The van der Waals surface area contributed by atoms with Crippen molar-refractivity contribution in [1.82, 2.24) is 10.6 Å². The predicted molar refractivity (Wildman–Crippen MR) is 111 cm³/mol. The molecule has 1 amide bonds. The van der Waals surface area contributed by atoms with Crippen LogP contribution in [0.5, 0.6) is 0 Å². The second-order valence-corrected chi connectivity index (χ2v) is 5.95. The molecule has 0 radical (unpaired) electrons. The molecule has 3 N–H and O–H groups in total. The van der Waals surface area contributed by atoms with E-state index in [2.05, 4.69) is 33.8 Å². The summed E-state index contributed by atoms with van der Waals surface area (Å²) in [6.07, 6.45) is 7.44. The van der Waals surface area contributed by atoms with Gasteiger partial charge in [0.2, 0.25) is 5.91 Å². The molecule has 1 aliphatic rings. The van der Waals surface area contributed by atoms with E-state index in [1.165, 1.54) is 0 Å². The molecular weight excluding hydrogens is 431 g/mol. The predicted octanol–water partition coefficient (Wildman–Crippen LogP) is 1.96. The second-order valence-electron chi connectivity index (χ2n) is 5.95. The zero-order chi connectivity index (χ0) is 17.4. The van der Waals surface area contributed by atoms with Gasteiger partial charge in [0.25, 0.3) is 0 Å². The molecule has 2 rings (SSSR count). The first-order valence-electron chi connectivity index (χ1n) is 8.00. The van der Waals surface area contributed by atoms with Crippen LogP contribution in [0.1, 0.15) is 25.3 Å². The van der Waals surface area contributed by atoms with Gasteiger partial charge >= 0.3 is 0 Å². The van der Waals surface area contributed by atoms with Crippen molar-refractivity contribution in [2.24, 2.45) is 4.99 Å². The van der Waals surface area contributed by atoms with Gasteiger partial charge in [-0.1, -0.05) is 12.0 Å². The largest absolute Gasteiger partial charge is 0.373 e. The Bertz CT molecular complexity index is 649. The van der Waals surface area contributed by atoms with Gasteiger partial charge in [0.05, 0.1) is 12.1 Å². The summed E-state index contributed by atoms with van der Waals surface area (Å²) < 4.78 is 5.72. The highest BCUT2D eigenvalue weighted by Gasteiger charge is 2.29. The highest BCUT2D eigenvalue weighted by Crippen LogP contribution is 2.23. The zero-order valence-electron chi connectivity index (χ0n) is 14.6. The molecular formula is C18H25IN4O2. The van der Waals surface area contributed by atoms with Crippen LogP contribution in [0.25, 0.3) is 0 Å². The number of nitrogens with one attached hydrogen (secondary N) is 3. The fourth-order valence-electron chi connectivity index (χ4n) is 2.52. The van der Waals surface area contributed by atoms with E-state index < -0.39 is 0 Å². The van der Waals surface area contributed by atoms with E-state index in [0.717, 1.165) is 25.0 Å². The van der Waals surface area contributed by atoms with Crippen LogP contribution in [-0.4, -0.2) is 44.2 Å². The third-order valence-corrected chi connectivity index (χ3v) is 3.88. The Balaban J connectivity index is 0.00000312. The maximum atomic E-state index is 12.0. The van der Waals surface area contributed by atoms with Crippen LogP contribution in [0.4, 0.5) is 5.69 Å². The molecule has 1 aromatic carbocycles. The molecule has 1 atom stereocenters. The molecule has 0 aliphatic carbocycles. The van der Waals surface area contributed by atoms with Gasteiger partial charge in [0.1, 0.15) is 0 Å². The summed E-state index contributed by atoms with van der Waals surface area (Å²) in [6.45, 7) is 3.63. The maximum absolute atomic E-state index is 12.0. The molecule has 1 aromatic rings. The van der Waals surface area contributed by atoms with Crippen molar-refractivity contribution in [3.8, 4) is 12.3 Å².